The van der Waals surface area contributed by atoms with Crippen molar-refractivity contribution in [2.24, 2.45) is 5.73 Å². The third-order valence-electron chi connectivity index (χ3n) is 2.02. The lowest BCUT2D eigenvalue weighted by Gasteiger charge is -2.17. The van der Waals surface area contributed by atoms with Crippen LogP contribution in [0.1, 0.15) is 19.4 Å². The largest absolute Gasteiger partial charge is 0.351 e. The summed E-state index contributed by atoms with van der Waals surface area (Å²) in [5.41, 5.74) is 6.07. The highest BCUT2D eigenvalue weighted by atomic mass is 19.1. The van der Waals surface area contributed by atoms with Crippen LogP contribution >= 0.6 is 0 Å². The summed E-state index contributed by atoms with van der Waals surface area (Å²) in [6, 6.07) is 5.90. The molecule has 1 rings (SSSR count). The fourth-order valence-corrected chi connectivity index (χ4v) is 1.12. The summed E-state index contributed by atoms with van der Waals surface area (Å²) in [6.07, 6.45) is 3.03. The van der Waals surface area contributed by atoms with Crippen LogP contribution in [0.4, 0.5) is 4.39 Å². The minimum atomic E-state index is -0.431. The number of nitrogens with one attached hydrogen (secondary N) is 1. The van der Waals surface area contributed by atoms with Crippen LogP contribution < -0.4 is 11.1 Å². The Hall–Kier alpha value is -1.68. The summed E-state index contributed by atoms with van der Waals surface area (Å²) < 4.78 is 12.6. The first kappa shape index (κ1) is 13.4. The highest BCUT2D eigenvalue weighted by Gasteiger charge is 2.10. The standard InChI is InChI=1S/C13H17FN2O/c1-13(2,15)9-16-12(17)8-5-10-3-6-11(14)7-4-10/h3-8H,9,15H2,1-2H3,(H,16,17)/b8-5+. The smallest absolute Gasteiger partial charge is 0.244 e. The lowest BCUT2D eigenvalue weighted by atomic mass is 10.1. The first-order valence-electron chi connectivity index (χ1n) is 5.37. The summed E-state index contributed by atoms with van der Waals surface area (Å²) in [6.45, 7) is 4.06. The molecule has 1 aromatic rings. The van der Waals surface area contributed by atoms with Crippen molar-refractivity contribution in [3.05, 3.63) is 41.7 Å². The molecule has 0 aromatic heterocycles. The topological polar surface area (TPSA) is 55.1 Å². The van der Waals surface area contributed by atoms with Gasteiger partial charge in [-0.3, -0.25) is 4.79 Å². The van der Waals surface area contributed by atoms with Crippen molar-refractivity contribution in [2.75, 3.05) is 6.54 Å². The van der Waals surface area contributed by atoms with Crippen LogP contribution in [-0.2, 0) is 4.79 Å². The molecule has 0 fully saturated rings. The van der Waals surface area contributed by atoms with Gasteiger partial charge in [-0.1, -0.05) is 12.1 Å². The summed E-state index contributed by atoms with van der Waals surface area (Å²) in [4.78, 5) is 11.4. The number of amides is 1. The Morgan fingerprint density at radius 2 is 2.00 bits per heavy atom. The van der Waals surface area contributed by atoms with Crippen molar-refractivity contribution in [1.29, 1.82) is 0 Å². The van der Waals surface area contributed by atoms with E-state index in [-0.39, 0.29) is 11.7 Å². The lowest BCUT2D eigenvalue weighted by molar-refractivity contribution is -0.116. The third kappa shape index (κ3) is 5.82. The summed E-state index contributed by atoms with van der Waals surface area (Å²) in [5.74, 6) is -0.510. The maximum Gasteiger partial charge on any atom is 0.244 e. The molecule has 17 heavy (non-hydrogen) atoms. The number of nitrogens with two attached hydrogens (primary N) is 1. The Kier molecular flexibility index (Phi) is 4.40. The van der Waals surface area contributed by atoms with Crippen molar-refractivity contribution >= 4 is 12.0 Å². The average Bonchev–Trinajstić information content (AvgIpc) is 2.25. The van der Waals surface area contributed by atoms with Crippen molar-refractivity contribution in [2.45, 2.75) is 19.4 Å². The summed E-state index contributed by atoms with van der Waals surface area (Å²) >= 11 is 0. The summed E-state index contributed by atoms with van der Waals surface area (Å²) in [5, 5.41) is 2.68. The van der Waals surface area contributed by atoms with Gasteiger partial charge in [0.15, 0.2) is 0 Å². The van der Waals surface area contributed by atoms with E-state index in [0.29, 0.717) is 6.54 Å². The molecule has 0 aliphatic rings. The fourth-order valence-electron chi connectivity index (χ4n) is 1.12. The molecule has 0 radical (unpaired) electrons. The fraction of sp³-hybridized carbons (Fsp3) is 0.308. The molecule has 3 N–H and O–H groups in total. The normalized spacial score (nSPS) is 11.8. The van der Waals surface area contributed by atoms with E-state index in [2.05, 4.69) is 5.32 Å². The van der Waals surface area contributed by atoms with Crippen molar-refractivity contribution in [3.63, 3.8) is 0 Å². The molecular formula is C13H17FN2O. The van der Waals surface area contributed by atoms with Gasteiger partial charge in [0.1, 0.15) is 5.82 Å². The minimum Gasteiger partial charge on any atom is -0.351 e. The van der Waals surface area contributed by atoms with Gasteiger partial charge in [-0.15, -0.1) is 0 Å². The molecule has 92 valence electrons. The van der Waals surface area contributed by atoms with E-state index in [1.807, 2.05) is 13.8 Å². The van der Waals surface area contributed by atoms with Gasteiger partial charge in [-0.05, 0) is 37.6 Å². The molecule has 0 aliphatic carbocycles. The van der Waals surface area contributed by atoms with Crippen LogP contribution in [0.15, 0.2) is 30.3 Å². The Labute approximate surface area is 101 Å². The van der Waals surface area contributed by atoms with Gasteiger partial charge in [-0.25, -0.2) is 4.39 Å². The van der Waals surface area contributed by atoms with Gasteiger partial charge in [0.25, 0.3) is 0 Å². The van der Waals surface area contributed by atoms with Crippen LogP contribution in [0, 0.1) is 5.82 Å². The minimum absolute atomic E-state index is 0.215. The zero-order valence-corrected chi connectivity index (χ0v) is 10.0. The molecule has 0 spiro atoms. The van der Waals surface area contributed by atoms with E-state index < -0.39 is 5.54 Å². The Morgan fingerprint density at radius 1 is 1.41 bits per heavy atom. The number of hydrogen-bond donors (Lipinski definition) is 2. The Balaban J connectivity index is 2.48. The molecule has 4 heteroatoms. The third-order valence-corrected chi connectivity index (χ3v) is 2.02. The zero-order valence-electron chi connectivity index (χ0n) is 10.0. The van der Waals surface area contributed by atoms with Crippen molar-refractivity contribution in [1.82, 2.24) is 5.32 Å². The molecule has 0 atom stereocenters. The molecule has 0 saturated heterocycles. The first-order valence-corrected chi connectivity index (χ1v) is 5.37. The van der Waals surface area contributed by atoms with Crippen LogP contribution in [0.25, 0.3) is 6.08 Å². The molecule has 0 bridgehead atoms. The van der Waals surface area contributed by atoms with Gasteiger partial charge in [-0.2, -0.15) is 0 Å². The van der Waals surface area contributed by atoms with Crippen LogP contribution in [0.2, 0.25) is 0 Å². The molecular weight excluding hydrogens is 219 g/mol. The Morgan fingerprint density at radius 3 is 2.53 bits per heavy atom. The number of carbonyl (C=O) groups excluding carboxylic acids is 1. The lowest BCUT2D eigenvalue weighted by Crippen LogP contribution is -2.44. The van der Waals surface area contributed by atoms with Crippen LogP contribution in [0.5, 0.6) is 0 Å². The SMILES string of the molecule is CC(C)(N)CNC(=O)/C=C/c1ccc(F)cc1. The van der Waals surface area contributed by atoms with Crippen LogP contribution in [0.3, 0.4) is 0 Å². The monoisotopic (exact) mass is 236 g/mol. The van der Waals surface area contributed by atoms with E-state index in [0.717, 1.165) is 5.56 Å². The van der Waals surface area contributed by atoms with E-state index in [1.165, 1.54) is 18.2 Å². The van der Waals surface area contributed by atoms with Gasteiger partial charge < -0.3 is 11.1 Å². The van der Waals surface area contributed by atoms with Crippen molar-refractivity contribution in [3.8, 4) is 0 Å². The molecule has 1 aromatic carbocycles. The molecule has 0 aliphatic heterocycles. The maximum absolute atomic E-state index is 12.6. The van der Waals surface area contributed by atoms with Gasteiger partial charge in [0.2, 0.25) is 5.91 Å². The maximum atomic E-state index is 12.6. The first-order chi connectivity index (χ1) is 7.87. The predicted octanol–water partition coefficient (Wildman–Crippen LogP) is 1.69. The predicted molar refractivity (Wildman–Crippen MR) is 66.7 cm³/mol. The molecule has 0 saturated carbocycles. The Bertz CT molecular complexity index is 404. The quantitative estimate of drug-likeness (QED) is 0.782. The van der Waals surface area contributed by atoms with Crippen molar-refractivity contribution < 1.29 is 9.18 Å². The second-order valence-electron chi connectivity index (χ2n) is 4.59. The summed E-state index contributed by atoms with van der Waals surface area (Å²) in [7, 11) is 0. The second-order valence-corrected chi connectivity index (χ2v) is 4.59. The van der Waals surface area contributed by atoms with E-state index >= 15 is 0 Å². The number of benzene rings is 1. The molecule has 1 amide bonds. The second kappa shape index (κ2) is 5.59. The van der Waals surface area contributed by atoms with Gasteiger partial charge in [0, 0.05) is 18.2 Å². The highest BCUT2D eigenvalue weighted by Crippen LogP contribution is 2.04. The molecule has 0 unspecified atom stereocenters. The molecule has 3 nitrogen and oxygen atoms in total. The number of rotatable bonds is 4. The molecule has 0 heterocycles. The zero-order chi connectivity index (χ0) is 12.9. The van der Waals surface area contributed by atoms with Gasteiger partial charge >= 0.3 is 0 Å². The van der Waals surface area contributed by atoms with Crippen LogP contribution in [-0.4, -0.2) is 18.0 Å². The average molecular weight is 236 g/mol. The number of hydrogen-bond acceptors (Lipinski definition) is 2. The van der Waals surface area contributed by atoms with E-state index in [4.69, 9.17) is 5.73 Å². The van der Waals surface area contributed by atoms with E-state index in [1.54, 1.807) is 18.2 Å². The van der Waals surface area contributed by atoms with Gasteiger partial charge in [0.05, 0.1) is 0 Å². The highest BCUT2D eigenvalue weighted by molar-refractivity contribution is 5.91. The number of carbonyl (C=O) groups is 1. The van der Waals surface area contributed by atoms with E-state index in [9.17, 15) is 9.18 Å². The number of halogens is 1.